The summed E-state index contributed by atoms with van der Waals surface area (Å²) in [6, 6.07) is 2.13. The van der Waals surface area contributed by atoms with Crippen molar-refractivity contribution in [3.05, 3.63) is 21.9 Å². The van der Waals surface area contributed by atoms with Crippen LogP contribution in [0.4, 0.5) is 0 Å². The quantitative estimate of drug-likeness (QED) is 0.601. The Morgan fingerprint density at radius 3 is 3.40 bits per heavy atom. The Labute approximate surface area is 64.3 Å². The van der Waals surface area contributed by atoms with E-state index in [0.29, 0.717) is 0 Å². The first kappa shape index (κ1) is 6.38. The lowest BCUT2D eigenvalue weighted by atomic mass is 9.97. The highest BCUT2D eigenvalue weighted by atomic mass is 32.1. The van der Waals surface area contributed by atoms with E-state index in [2.05, 4.69) is 11.4 Å². The highest BCUT2D eigenvalue weighted by molar-refractivity contribution is 7.10. The number of aliphatic hydroxyl groups is 1. The maximum absolute atomic E-state index is 9.28. The van der Waals surface area contributed by atoms with E-state index >= 15 is 0 Å². The van der Waals surface area contributed by atoms with Crippen LogP contribution >= 0.6 is 11.3 Å². The zero-order valence-electron chi connectivity index (χ0n) is 5.71. The molecule has 1 N–H and O–H groups in total. The molecular weight excluding hydrogens is 144 g/mol. The number of fused-ring (bicyclic) bond motifs is 1. The van der Waals surface area contributed by atoms with Crippen molar-refractivity contribution >= 4 is 11.3 Å². The summed E-state index contributed by atoms with van der Waals surface area (Å²) in [4.78, 5) is 1.48. The molecule has 0 spiro atoms. The SMILES string of the molecule is OC1CCc2sccc2C1. The van der Waals surface area contributed by atoms with Crippen LogP contribution in [0.1, 0.15) is 16.9 Å². The van der Waals surface area contributed by atoms with Gasteiger partial charge in [0.1, 0.15) is 0 Å². The van der Waals surface area contributed by atoms with E-state index in [9.17, 15) is 5.11 Å². The van der Waals surface area contributed by atoms with E-state index in [1.807, 2.05) is 11.3 Å². The van der Waals surface area contributed by atoms with Crippen LogP contribution in [0.3, 0.4) is 0 Å². The first-order valence-electron chi connectivity index (χ1n) is 3.59. The summed E-state index contributed by atoms with van der Waals surface area (Å²) >= 11 is 1.82. The van der Waals surface area contributed by atoms with E-state index in [4.69, 9.17) is 0 Å². The topological polar surface area (TPSA) is 20.2 Å². The fraction of sp³-hybridized carbons (Fsp3) is 0.500. The maximum atomic E-state index is 9.28. The van der Waals surface area contributed by atoms with Gasteiger partial charge in [-0.2, -0.15) is 0 Å². The number of aliphatic hydroxyl groups excluding tert-OH is 1. The predicted octanol–water partition coefficient (Wildman–Crippen LogP) is 1.60. The van der Waals surface area contributed by atoms with E-state index in [1.165, 1.54) is 10.4 Å². The second-order valence-corrected chi connectivity index (χ2v) is 3.77. The van der Waals surface area contributed by atoms with Crippen molar-refractivity contribution < 1.29 is 5.11 Å². The molecule has 0 amide bonds. The number of aryl methyl sites for hydroxylation is 1. The third kappa shape index (κ3) is 0.976. The molecule has 0 saturated carbocycles. The second-order valence-electron chi connectivity index (χ2n) is 2.77. The van der Waals surface area contributed by atoms with E-state index in [-0.39, 0.29) is 6.10 Å². The zero-order chi connectivity index (χ0) is 6.97. The Bertz CT molecular complexity index is 229. The van der Waals surface area contributed by atoms with E-state index in [0.717, 1.165) is 19.3 Å². The molecule has 0 radical (unpaired) electrons. The number of hydrogen-bond donors (Lipinski definition) is 1. The minimum absolute atomic E-state index is 0.0814. The number of hydrogen-bond acceptors (Lipinski definition) is 2. The minimum Gasteiger partial charge on any atom is -0.393 e. The molecule has 0 aliphatic heterocycles. The van der Waals surface area contributed by atoms with Gasteiger partial charge in [-0.25, -0.2) is 0 Å². The predicted molar refractivity (Wildman–Crippen MR) is 42.4 cm³/mol. The van der Waals surface area contributed by atoms with Gasteiger partial charge >= 0.3 is 0 Å². The van der Waals surface area contributed by atoms with Gasteiger partial charge in [0, 0.05) is 4.88 Å². The highest BCUT2D eigenvalue weighted by Crippen LogP contribution is 2.25. The zero-order valence-corrected chi connectivity index (χ0v) is 6.53. The van der Waals surface area contributed by atoms with Crippen molar-refractivity contribution in [1.29, 1.82) is 0 Å². The largest absolute Gasteiger partial charge is 0.393 e. The molecule has 0 fully saturated rings. The minimum atomic E-state index is -0.0814. The molecule has 1 unspecified atom stereocenters. The first-order valence-corrected chi connectivity index (χ1v) is 4.47. The molecule has 10 heavy (non-hydrogen) atoms. The lowest BCUT2D eigenvalue weighted by molar-refractivity contribution is 0.159. The maximum Gasteiger partial charge on any atom is 0.0584 e. The van der Waals surface area contributed by atoms with Crippen LogP contribution in [0.2, 0.25) is 0 Å². The Morgan fingerprint density at radius 2 is 2.50 bits per heavy atom. The Morgan fingerprint density at radius 1 is 1.60 bits per heavy atom. The van der Waals surface area contributed by atoms with Crippen LogP contribution in [0, 0.1) is 0 Å². The third-order valence-electron chi connectivity index (χ3n) is 2.00. The summed E-state index contributed by atoms with van der Waals surface area (Å²) in [6.07, 6.45) is 2.82. The van der Waals surface area contributed by atoms with Crippen LogP contribution in [-0.4, -0.2) is 11.2 Å². The summed E-state index contributed by atoms with van der Waals surface area (Å²) in [5, 5.41) is 11.4. The monoisotopic (exact) mass is 154 g/mol. The van der Waals surface area contributed by atoms with Crippen molar-refractivity contribution in [1.82, 2.24) is 0 Å². The Balaban J connectivity index is 2.30. The third-order valence-corrected chi connectivity index (χ3v) is 3.02. The average molecular weight is 154 g/mol. The summed E-state index contributed by atoms with van der Waals surface area (Å²) < 4.78 is 0. The summed E-state index contributed by atoms with van der Waals surface area (Å²) in [6.45, 7) is 0. The van der Waals surface area contributed by atoms with E-state index < -0.39 is 0 Å². The smallest absolute Gasteiger partial charge is 0.0584 e. The van der Waals surface area contributed by atoms with Crippen LogP contribution in [0.5, 0.6) is 0 Å². The van der Waals surface area contributed by atoms with Crippen LogP contribution in [0.25, 0.3) is 0 Å². The normalized spacial score (nSPS) is 24.3. The van der Waals surface area contributed by atoms with Crippen molar-refractivity contribution in [2.45, 2.75) is 25.4 Å². The van der Waals surface area contributed by atoms with Crippen molar-refractivity contribution in [3.63, 3.8) is 0 Å². The van der Waals surface area contributed by atoms with Gasteiger partial charge in [-0.15, -0.1) is 11.3 Å². The van der Waals surface area contributed by atoms with Gasteiger partial charge in [0.2, 0.25) is 0 Å². The van der Waals surface area contributed by atoms with Crippen LogP contribution in [-0.2, 0) is 12.8 Å². The molecule has 1 aliphatic carbocycles. The number of thiophene rings is 1. The summed E-state index contributed by atoms with van der Waals surface area (Å²) in [5.41, 5.74) is 1.36. The lowest BCUT2D eigenvalue weighted by Gasteiger charge is -2.16. The van der Waals surface area contributed by atoms with Crippen LogP contribution < -0.4 is 0 Å². The molecule has 0 saturated heterocycles. The standard InChI is InChI=1S/C8H10OS/c9-7-1-2-8-6(5-7)3-4-10-8/h3-4,7,9H,1-2,5H2. The molecule has 0 bridgehead atoms. The molecule has 54 valence electrons. The lowest BCUT2D eigenvalue weighted by Crippen LogP contribution is -2.16. The van der Waals surface area contributed by atoms with Crippen molar-refractivity contribution in [2.24, 2.45) is 0 Å². The van der Waals surface area contributed by atoms with Gasteiger partial charge in [0.05, 0.1) is 6.10 Å². The molecule has 1 atom stereocenters. The van der Waals surface area contributed by atoms with E-state index in [1.54, 1.807) is 0 Å². The van der Waals surface area contributed by atoms with Crippen molar-refractivity contribution in [2.75, 3.05) is 0 Å². The van der Waals surface area contributed by atoms with Gasteiger partial charge in [0.15, 0.2) is 0 Å². The highest BCUT2D eigenvalue weighted by Gasteiger charge is 2.16. The first-order chi connectivity index (χ1) is 4.86. The molecule has 1 aromatic rings. The average Bonchev–Trinajstić information content (AvgIpc) is 2.33. The van der Waals surface area contributed by atoms with Gasteiger partial charge in [-0.1, -0.05) is 0 Å². The van der Waals surface area contributed by atoms with Gasteiger partial charge in [-0.3, -0.25) is 0 Å². The molecule has 1 nitrogen and oxygen atoms in total. The summed E-state index contributed by atoms with van der Waals surface area (Å²) in [7, 11) is 0. The molecule has 1 heterocycles. The molecular formula is C8H10OS. The summed E-state index contributed by atoms with van der Waals surface area (Å²) in [5.74, 6) is 0. The molecule has 0 aromatic carbocycles. The molecule has 1 aliphatic rings. The fourth-order valence-electron chi connectivity index (χ4n) is 1.42. The second kappa shape index (κ2) is 2.36. The molecule has 1 aromatic heterocycles. The van der Waals surface area contributed by atoms with Gasteiger partial charge < -0.3 is 5.11 Å². The molecule has 2 heteroatoms. The van der Waals surface area contributed by atoms with Crippen molar-refractivity contribution in [3.8, 4) is 0 Å². The van der Waals surface area contributed by atoms with Gasteiger partial charge in [0.25, 0.3) is 0 Å². The Kier molecular flexibility index (Phi) is 1.51. The van der Waals surface area contributed by atoms with Gasteiger partial charge in [-0.05, 0) is 36.3 Å². The van der Waals surface area contributed by atoms with Crippen LogP contribution in [0.15, 0.2) is 11.4 Å². The Hall–Kier alpha value is -0.340. The molecule has 2 rings (SSSR count). The number of rotatable bonds is 0. The fourth-order valence-corrected chi connectivity index (χ4v) is 2.36.